The maximum atomic E-state index is 11.7. The van der Waals surface area contributed by atoms with E-state index in [4.69, 9.17) is 11.5 Å². The van der Waals surface area contributed by atoms with Gasteiger partial charge in [0.05, 0.1) is 6.42 Å². The van der Waals surface area contributed by atoms with E-state index in [0.29, 0.717) is 11.3 Å². The molecule has 5 heteroatoms. The standard InChI is InChI=1S/C13H14N2O3/c1-3-10-5-4-6-11(9-10)14-13(18)15(2)8-7-12(16)17/h1,4-6,9H,7-8H2,2H3,(H,14,18)(H,16,17). The molecule has 0 unspecified atom stereocenters. The van der Waals surface area contributed by atoms with Crippen molar-refractivity contribution in [1.29, 1.82) is 0 Å². The number of terminal acetylenes is 1. The van der Waals surface area contributed by atoms with Gasteiger partial charge in [-0.05, 0) is 18.2 Å². The molecule has 2 amide bonds. The van der Waals surface area contributed by atoms with Crippen molar-refractivity contribution in [3.05, 3.63) is 29.8 Å². The number of amides is 2. The molecule has 0 fully saturated rings. The Kier molecular flexibility index (Phi) is 4.76. The molecule has 1 rings (SSSR count). The van der Waals surface area contributed by atoms with Gasteiger partial charge in [0, 0.05) is 24.8 Å². The van der Waals surface area contributed by atoms with E-state index in [9.17, 15) is 9.59 Å². The van der Waals surface area contributed by atoms with E-state index in [0.717, 1.165) is 0 Å². The summed E-state index contributed by atoms with van der Waals surface area (Å²) in [5, 5.41) is 11.2. The van der Waals surface area contributed by atoms with Gasteiger partial charge in [-0.2, -0.15) is 0 Å². The van der Waals surface area contributed by atoms with Crippen LogP contribution < -0.4 is 5.32 Å². The van der Waals surface area contributed by atoms with Crippen molar-refractivity contribution >= 4 is 17.7 Å². The van der Waals surface area contributed by atoms with Gasteiger partial charge in [0.2, 0.25) is 0 Å². The molecule has 0 aliphatic carbocycles. The first kappa shape index (κ1) is 13.6. The van der Waals surface area contributed by atoms with Gasteiger partial charge < -0.3 is 15.3 Å². The lowest BCUT2D eigenvalue weighted by Crippen LogP contribution is -2.33. The summed E-state index contributed by atoms with van der Waals surface area (Å²) in [6.45, 7) is 0.149. The maximum Gasteiger partial charge on any atom is 0.321 e. The number of carbonyl (C=O) groups is 2. The van der Waals surface area contributed by atoms with Gasteiger partial charge in [0.25, 0.3) is 0 Å². The molecule has 0 saturated heterocycles. The number of anilines is 1. The molecule has 0 aliphatic heterocycles. The monoisotopic (exact) mass is 246 g/mol. The number of nitrogens with one attached hydrogen (secondary N) is 1. The summed E-state index contributed by atoms with van der Waals surface area (Å²) in [6.07, 6.45) is 5.16. The van der Waals surface area contributed by atoms with Gasteiger partial charge in [-0.3, -0.25) is 4.79 Å². The molecule has 0 spiro atoms. The Morgan fingerprint density at radius 1 is 1.50 bits per heavy atom. The SMILES string of the molecule is C#Cc1cccc(NC(=O)N(C)CCC(=O)O)c1. The third-order valence-corrected chi connectivity index (χ3v) is 2.29. The molecule has 5 nitrogen and oxygen atoms in total. The zero-order valence-electron chi connectivity index (χ0n) is 10.0. The van der Waals surface area contributed by atoms with Crippen LogP contribution in [-0.4, -0.2) is 35.6 Å². The fraction of sp³-hybridized carbons (Fsp3) is 0.231. The second-order valence-electron chi connectivity index (χ2n) is 3.72. The van der Waals surface area contributed by atoms with Crippen LogP contribution in [0.4, 0.5) is 10.5 Å². The minimum Gasteiger partial charge on any atom is -0.481 e. The van der Waals surface area contributed by atoms with Crippen LogP contribution in [0.2, 0.25) is 0 Å². The molecule has 0 heterocycles. The number of carboxylic acids is 1. The smallest absolute Gasteiger partial charge is 0.321 e. The van der Waals surface area contributed by atoms with Crippen LogP contribution >= 0.6 is 0 Å². The van der Waals surface area contributed by atoms with E-state index in [1.165, 1.54) is 11.9 Å². The van der Waals surface area contributed by atoms with Crippen molar-refractivity contribution in [2.75, 3.05) is 18.9 Å². The van der Waals surface area contributed by atoms with Crippen LogP contribution in [0.3, 0.4) is 0 Å². The van der Waals surface area contributed by atoms with Crippen LogP contribution in [0.5, 0.6) is 0 Å². The first-order chi connectivity index (χ1) is 8.52. The molecule has 94 valence electrons. The molecule has 0 radical (unpaired) electrons. The molecule has 0 aromatic heterocycles. The molecule has 0 saturated carbocycles. The number of benzene rings is 1. The van der Waals surface area contributed by atoms with E-state index in [-0.39, 0.29) is 19.0 Å². The van der Waals surface area contributed by atoms with Gasteiger partial charge >= 0.3 is 12.0 Å². The minimum atomic E-state index is -0.941. The second kappa shape index (κ2) is 6.30. The quantitative estimate of drug-likeness (QED) is 0.793. The molecule has 0 bridgehead atoms. The molecular weight excluding hydrogens is 232 g/mol. The third kappa shape index (κ3) is 4.18. The van der Waals surface area contributed by atoms with Gasteiger partial charge in [-0.15, -0.1) is 6.42 Å². The average Bonchev–Trinajstić information content (AvgIpc) is 2.36. The van der Waals surface area contributed by atoms with E-state index < -0.39 is 5.97 Å². The molecule has 0 aliphatic rings. The van der Waals surface area contributed by atoms with Crippen LogP contribution in [0.25, 0.3) is 0 Å². The largest absolute Gasteiger partial charge is 0.481 e. The van der Waals surface area contributed by atoms with E-state index in [1.807, 2.05) is 0 Å². The molecule has 1 aromatic rings. The van der Waals surface area contributed by atoms with Gasteiger partial charge in [0.15, 0.2) is 0 Å². The number of urea groups is 1. The highest BCUT2D eigenvalue weighted by molar-refractivity contribution is 5.89. The highest BCUT2D eigenvalue weighted by atomic mass is 16.4. The number of carboxylic acid groups (broad SMARTS) is 1. The van der Waals surface area contributed by atoms with Gasteiger partial charge in [-0.1, -0.05) is 12.0 Å². The lowest BCUT2D eigenvalue weighted by molar-refractivity contribution is -0.137. The topological polar surface area (TPSA) is 69.6 Å². The summed E-state index contributed by atoms with van der Waals surface area (Å²) >= 11 is 0. The lowest BCUT2D eigenvalue weighted by Gasteiger charge is -2.16. The van der Waals surface area contributed by atoms with Crippen LogP contribution in [-0.2, 0) is 4.79 Å². The summed E-state index contributed by atoms with van der Waals surface area (Å²) in [5.74, 6) is 1.53. The Labute approximate surface area is 105 Å². The Morgan fingerprint density at radius 3 is 2.83 bits per heavy atom. The van der Waals surface area contributed by atoms with Crippen molar-refractivity contribution in [3.8, 4) is 12.3 Å². The van der Waals surface area contributed by atoms with Crippen molar-refractivity contribution < 1.29 is 14.7 Å². The zero-order valence-corrected chi connectivity index (χ0v) is 10.0. The van der Waals surface area contributed by atoms with Gasteiger partial charge in [0.1, 0.15) is 0 Å². The predicted molar refractivity (Wildman–Crippen MR) is 68.3 cm³/mol. The first-order valence-corrected chi connectivity index (χ1v) is 5.33. The van der Waals surface area contributed by atoms with Gasteiger partial charge in [-0.25, -0.2) is 4.79 Å². The summed E-state index contributed by atoms with van der Waals surface area (Å²) in [5.41, 5.74) is 1.25. The van der Waals surface area contributed by atoms with E-state index in [1.54, 1.807) is 24.3 Å². The summed E-state index contributed by atoms with van der Waals surface area (Å²) in [7, 11) is 1.53. The Morgan fingerprint density at radius 2 is 2.22 bits per heavy atom. The minimum absolute atomic E-state index is 0.0890. The van der Waals surface area contributed by atoms with E-state index in [2.05, 4.69) is 11.2 Å². The summed E-state index contributed by atoms with van der Waals surface area (Å²) < 4.78 is 0. The normalized spacial score (nSPS) is 9.33. The highest BCUT2D eigenvalue weighted by Crippen LogP contribution is 2.10. The molecule has 18 heavy (non-hydrogen) atoms. The third-order valence-electron chi connectivity index (χ3n) is 2.29. The predicted octanol–water partition coefficient (Wildman–Crippen LogP) is 1.61. The van der Waals surface area contributed by atoms with Crippen LogP contribution in [0, 0.1) is 12.3 Å². The fourth-order valence-electron chi connectivity index (χ4n) is 1.27. The number of aliphatic carboxylic acids is 1. The molecule has 1 aromatic carbocycles. The molecule has 2 N–H and O–H groups in total. The zero-order chi connectivity index (χ0) is 13.5. The number of hydrogen-bond donors (Lipinski definition) is 2. The Hall–Kier alpha value is -2.48. The highest BCUT2D eigenvalue weighted by Gasteiger charge is 2.10. The molecular formula is C13H14N2O3. The van der Waals surface area contributed by atoms with Crippen LogP contribution in [0.15, 0.2) is 24.3 Å². The van der Waals surface area contributed by atoms with Crippen LogP contribution in [0.1, 0.15) is 12.0 Å². The second-order valence-corrected chi connectivity index (χ2v) is 3.72. The Balaban J connectivity index is 2.58. The summed E-state index contributed by atoms with van der Waals surface area (Å²) in [4.78, 5) is 23.4. The maximum absolute atomic E-state index is 11.7. The summed E-state index contributed by atoms with van der Waals surface area (Å²) in [6, 6.07) is 6.50. The van der Waals surface area contributed by atoms with Crippen molar-refractivity contribution in [2.45, 2.75) is 6.42 Å². The number of hydrogen-bond acceptors (Lipinski definition) is 2. The number of carbonyl (C=O) groups excluding carboxylic acids is 1. The number of rotatable bonds is 4. The molecule has 0 atom stereocenters. The van der Waals surface area contributed by atoms with Crippen molar-refractivity contribution in [1.82, 2.24) is 4.90 Å². The van der Waals surface area contributed by atoms with Crippen molar-refractivity contribution in [2.24, 2.45) is 0 Å². The van der Waals surface area contributed by atoms with Crippen molar-refractivity contribution in [3.63, 3.8) is 0 Å². The van der Waals surface area contributed by atoms with E-state index >= 15 is 0 Å². The Bertz CT molecular complexity index is 491. The first-order valence-electron chi connectivity index (χ1n) is 5.33. The fourth-order valence-corrected chi connectivity index (χ4v) is 1.27. The lowest BCUT2D eigenvalue weighted by atomic mass is 10.2. The average molecular weight is 246 g/mol. The number of nitrogens with zero attached hydrogens (tertiary/aromatic N) is 1.